The van der Waals surface area contributed by atoms with E-state index in [9.17, 15) is 5.11 Å². The van der Waals surface area contributed by atoms with Gasteiger partial charge < -0.3 is 14.7 Å². The second-order valence-electron chi connectivity index (χ2n) is 3.78. The summed E-state index contributed by atoms with van der Waals surface area (Å²) in [5.41, 5.74) is 0.0781. The zero-order chi connectivity index (χ0) is 7.90. The molecule has 64 valence electrons. The van der Waals surface area contributed by atoms with Crippen LogP contribution in [0.4, 0.5) is 0 Å². The second kappa shape index (κ2) is 2.44. The largest absolute Gasteiger partial charge is 0.396 e. The molecule has 0 aliphatic carbocycles. The highest BCUT2D eigenvalue weighted by atomic mass is 16.5. The molecule has 0 saturated carbocycles. The van der Waals surface area contributed by atoms with E-state index in [1.165, 1.54) is 0 Å². The van der Waals surface area contributed by atoms with Crippen molar-refractivity contribution in [3.63, 3.8) is 0 Å². The second-order valence-corrected chi connectivity index (χ2v) is 3.78. The van der Waals surface area contributed by atoms with Gasteiger partial charge in [0, 0.05) is 11.5 Å². The van der Waals surface area contributed by atoms with Gasteiger partial charge >= 0.3 is 0 Å². The standard InChI is InChI=1S/C8H15NO2/c1-9-3-2-8(5-10)6-11-4-7(8)9/h7,10H,2-6H2,1H3. The average Bonchev–Trinajstić information content (AvgIpc) is 2.53. The van der Waals surface area contributed by atoms with E-state index in [1.807, 2.05) is 0 Å². The molecular weight excluding hydrogens is 142 g/mol. The fraction of sp³-hybridized carbons (Fsp3) is 1.00. The monoisotopic (exact) mass is 157 g/mol. The van der Waals surface area contributed by atoms with Crippen LogP contribution in [0, 0.1) is 5.41 Å². The first-order valence-corrected chi connectivity index (χ1v) is 4.17. The minimum absolute atomic E-state index is 0.0781. The molecule has 0 radical (unpaired) electrons. The number of likely N-dealkylation sites (tertiary alicyclic amines) is 1. The number of aliphatic hydroxyl groups is 1. The molecule has 0 amide bonds. The molecule has 3 nitrogen and oxygen atoms in total. The normalized spacial score (nSPS) is 44.7. The molecule has 2 aliphatic rings. The first kappa shape index (κ1) is 7.53. The van der Waals surface area contributed by atoms with Crippen LogP contribution in [0.3, 0.4) is 0 Å². The van der Waals surface area contributed by atoms with Crippen LogP contribution in [-0.2, 0) is 4.74 Å². The molecule has 0 spiro atoms. The smallest absolute Gasteiger partial charge is 0.0629 e. The van der Waals surface area contributed by atoms with Crippen LogP contribution in [0.5, 0.6) is 0 Å². The van der Waals surface area contributed by atoms with Gasteiger partial charge in [0.2, 0.25) is 0 Å². The van der Waals surface area contributed by atoms with E-state index in [0.29, 0.717) is 6.04 Å². The maximum atomic E-state index is 9.24. The highest BCUT2D eigenvalue weighted by molar-refractivity contribution is 5.00. The van der Waals surface area contributed by atoms with Crippen molar-refractivity contribution in [3.05, 3.63) is 0 Å². The van der Waals surface area contributed by atoms with Crippen molar-refractivity contribution < 1.29 is 9.84 Å². The number of rotatable bonds is 1. The highest BCUT2D eigenvalue weighted by Crippen LogP contribution is 2.40. The fourth-order valence-electron chi connectivity index (χ4n) is 2.27. The van der Waals surface area contributed by atoms with E-state index < -0.39 is 0 Å². The summed E-state index contributed by atoms with van der Waals surface area (Å²) in [5, 5.41) is 9.24. The Labute approximate surface area is 66.9 Å². The maximum Gasteiger partial charge on any atom is 0.0629 e. The Morgan fingerprint density at radius 1 is 1.73 bits per heavy atom. The van der Waals surface area contributed by atoms with Gasteiger partial charge in [-0.25, -0.2) is 0 Å². The zero-order valence-electron chi connectivity index (χ0n) is 6.92. The fourth-order valence-corrected chi connectivity index (χ4v) is 2.27. The predicted molar refractivity (Wildman–Crippen MR) is 41.4 cm³/mol. The number of likely N-dealkylation sites (N-methyl/N-ethyl adjacent to an activating group) is 1. The lowest BCUT2D eigenvalue weighted by Crippen LogP contribution is -2.38. The van der Waals surface area contributed by atoms with Gasteiger partial charge in [0.05, 0.1) is 19.8 Å². The van der Waals surface area contributed by atoms with E-state index >= 15 is 0 Å². The molecule has 3 heteroatoms. The number of aliphatic hydroxyl groups excluding tert-OH is 1. The summed E-state index contributed by atoms with van der Waals surface area (Å²) in [4.78, 5) is 2.29. The summed E-state index contributed by atoms with van der Waals surface area (Å²) in [5.74, 6) is 0. The summed E-state index contributed by atoms with van der Waals surface area (Å²) in [7, 11) is 2.11. The van der Waals surface area contributed by atoms with Crippen LogP contribution >= 0.6 is 0 Å². The summed E-state index contributed by atoms with van der Waals surface area (Å²) < 4.78 is 5.37. The minimum Gasteiger partial charge on any atom is -0.396 e. The quantitative estimate of drug-likeness (QED) is 0.567. The first-order valence-electron chi connectivity index (χ1n) is 4.17. The molecule has 0 bridgehead atoms. The molecule has 2 atom stereocenters. The zero-order valence-corrected chi connectivity index (χ0v) is 6.92. The molecule has 0 aromatic heterocycles. The van der Waals surface area contributed by atoms with Crippen LogP contribution in [0.15, 0.2) is 0 Å². The van der Waals surface area contributed by atoms with Gasteiger partial charge in [-0.05, 0) is 20.0 Å². The number of hydrogen-bond donors (Lipinski definition) is 1. The summed E-state index contributed by atoms with van der Waals surface area (Å²) in [6, 6.07) is 0.465. The van der Waals surface area contributed by atoms with Crippen molar-refractivity contribution in [2.24, 2.45) is 5.41 Å². The van der Waals surface area contributed by atoms with E-state index in [4.69, 9.17) is 4.74 Å². The Kier molecular flexibility index (Phi) is 1.67. The Bertz CT molecular complexity index is 162. The molecule has 1 N–H and O–H groups in total. The van der Waals surface area contributed by atoms with Gasteiger partial charge in [0.1, 0.15) is 0 Å². The van der Waals surface area contributed by atoms with Gasteiger partial charge in [-0.2, -0.15) is 0 Å². The van der Waals surface area contributed by atoms with Crippen molar-refractivity contribution >= 4 is 0 Å². The van der Waals surface area contributed by atoms with Crippen molar-refractivity contribution in [2.45, 2.75) is 12.5 Å². The highest BCUT2D eigenvalue weighted by Gasteiger charge is 2.49. The number of fused-ring (bicyclic) bond motifs is 1. The van der Waals surface area contributed by atoms with Crippen LogP contribution in [0.25, 0.3) is 0 Å². The number of ether oxygens (including phenoxy) is 1. The molecule has 2 heterocycles. The molecular formula is C8H15NO2. The molecule has 2 fully saturated rings. The summed E-state index contributed by atoms with van der Waals surface area (Å²) in [6.45, 7) is 2.94. The van der Waals surface area contributed by atoms with Crippen molar-refractivity contribution in [3.8, 4) is 0 Å². The van der Waals surface area contributed by atoms with Crippen LogP contribution < -0.4 is 0 Å². The molecule has 2 aliphatic heterocycles. The van der Waals surface area contributed by atoms with Crippen molar-refractivity contribution in [1.82, 2.24) is 4.90 Å². The van der Waals surface area contributed by atoms with Gasteiger partial charge in [-0.1, -0.05) is 0 Å². The van der Waals surface area contributed by atoms with Gasteiger partial charge in [0.15, 0.2) is 0 Å². The van der Waals surface area contributed by atoms with Crippen molar-refractivity contribution in [1.29, 1.82) is 0 Å². The molecule has 0 aromatic rings. The predicted octanol–water partition coefficient (Wildman–Crippen LogP) is -0.301. The Morgan fingerprint density at radius 3 is 3.18 bits per heavy atom. The van der Waals surface area contributed by atoms with Crippen LogP contribution in [0.1, 0.15) is 6.42 Å². The lowest BCUT2D eigenvalue weighted by atomic mass is 9.84. The lowest BCUT2D eigenvalue weighted by molar-refractivity contribution is 0.0933. The molecule has 2 saturated heterocycles. The molecule has 11 heavy (non-hydrogen) atoms. The SMILES string of the molecule is CN1CCC2(CO)COCC12. The van der Waals surface area contributed by atoms with Gasteiger partial charge in [-0.15, -0.1) is 0 Å². The molecule has 0 aromatic carbocycles. The summed E-state index contributed by atoms with van der Waals surface area (Å²) >= 11 is 0. The number of nitrogens with zero attached hydrogens (tertiary/aromatic N) is 1. The topological polar surface area (TPSA) is 32.7 Å². The first-order chi connectivity index (χ1) is 5.28. The van der Waals surface area contributed by atoms with E-state index in [-0.39, 0.29) is 12.0 Å². The summed E-state index contributed by atoms with van der Waals surface area (Å²) in [6.07, 6.45) is 1.09. The number of hydrogen-bond acceptors (Lipinski definition) is 3. The third kappa shape index (κ3) is 0.916. The lowest BCUT2D eigenvalue weighted by Gasteiger charge is -2.25. The van der Waals surface area contributed by atoms with Crippen LogP contribution in [0.2, 0.25) is 0 Å². The van der Waals surface area contributed by atoms with Crippen LogP contribution in [-0.4, -0.2) is 49.5 Å². The third-order valence-electron chi connectivity index (χ3n) is 3.18. The Balaban J connectivity index is 2.18. The van der Waals surface area contributed by atoms with E-state index in [1.54, 1.807) is 0 Å². The Morgan fingerprint density at radius 2 is 2.55 bits per heavy atom. The van der Waals surface area contributed by atoms with E-state index in [0.717, 1.165) is 26.2 Å². The molecule has 2 unspecified atom stereocenters. The van der Waals surface area contributed by atoms with Crippen molar-refractivity contribution in [2.75, 3.05) is 33.4 Å². The Hall–Kier alpha value is -0.120. The van der Waals surface area contributed by atoms with Gasteiger partial charge in [0.25, 0.3) is 0 Å². The van der Waals surface area contributed by atoms with Gasteiger partial charge in [-0.3, -0.25) is 0 Å². The third-order valence-corrected chi connectivity index (χ3v) is 3.18. The maximum absolute atomic E-state index is 9.24. The van der Waals surface area contributed by atoms with E-state index in [2.05, 4.69) is 11.9 Å². The average molecular weight is 157 g/mol. The molecule has 2 rings (SSSR count). The minimum atomic E-state index is 0.0781.